The quantitative estimate of drug-likeness (QED) is 0.500. The minimum atomic E-state index is -0.505. The Bertz CT molecular complexity index is 457. The molecule has 0 aromatic heterocycles. The molecule has 1 aromatic rings. The molecule has 1 rings (SSSR count). The number of halogens is 1. The van der Waals surface area contributed by atoms with Crippen molar-refractivity contribution in [2.24, 2.45) is 0 Å². The molecular formula is C13H14INO3. The Morgan fingerprint density at radius 2 is 2.11 bits per heavy atom. The summed E-state index contributed by atoms with van der Waals surface area (Å²) in [5, 5.41) is 2.67. The molecule has 0 unspecified atom stereocenters. The number of allylic oxidation sites excluding steroid dienone is 1. The van der Waals surface area contributed by atoms with E-state index >= 15 is 0 Å². The summed E-state index contributed by atoms with van der Waals surface area (Å²) in [5.41, 5.74) is 0.711. The molecule has 0 aliphatic rings. The van der Waals surface area contributed by atoms with Crippen molar-refractivity contribution in [2.75, 3.05) is 11.9 Å². The fraction of sp³-hybridized carbons (Fsp3) is 0.231. The number of hydrogen-bond donors (Lipinski definition) is 1. The van der Waals surface area contributed by atoms with E-state index in [1.165, 1.54) is 6.08 Å². The zero-order chi connectivity index (χ0) is 13.4. The van der Waals surface area contributed by atoms with E-state index in [-0.39, 0.29) is 12.5 Å². The topological polar surface area (TPSA) is 55.4 Å². The van der Waals surface area contributed by atoms with Gasteiger partial charge in [-0.3, -0.25) is 4.79 Å². The summed E-state index contributed by atoms with van der Waals surface area (Å²) in [7, 11) is 0. The van der Waals surface area contributed by atoms with Crippen LogP contribution in [0.3, 0.4) is 0 Å². The molecule has 1 N–H and O–H groups in total. The van der Waals surface area contributed by atoms with E-state index in [2.05, 4.69) is 27.9 Å². The lowest BCUT2D eigenvalue weighted by molar-refractivity contribution is -0.142. The van der Waals surface area contributed by atoms with E-state index < -0.39 is 5.97 Å². The minimum absolute atomic E-state index is 0.280. The lowest BCUT2D eigenvalue weighted by atomic mass is 10.3. The summed E-state index contributed by atoms with van der Waals surface area (Å²) >= 11 is 2.12. The maximum absolute atomic E-state index is 11.5. The van der Waals surface area contributed by atoms with Crippen LogP contribution in [0.15, 0.2) is 36.4 Å². The van der Waals surface area contributed by atoms with Crippen LogP contribution >= 0.6 is 22.6 Å². The molecule has 0 spiro atoms. The highest BCUT2D eigenvalue weighted by Gasteiger charge is 2.07. The number of benzene rings is 1. The summed E-state index contributed by atoms with van der Waals surface area (Å²) in [6.45, 7) is 1.63. The number of carbonyl (C=O) groups is 2. The Balaban J connectivity index is 2.41. The lowest BCUT2D eigenvalue weighted by Gasteiger charge is -2.06. The second kappa shape index (κ2) is 7.86. The molecule has 0 aliphatic heterocycles. The van der Waals surface area contributed by atoms with Gasteiger partial charge in [0.15, 0.2) is 6.61 Å². The molecule has 0 saturated heterocycles. The van der Waals surface area contributed by atoms with Crippen LogP contribution in [-0.2, 0) is 14.3 Å². The Hall–Kier alpha value is -1.37. The van der Waals surface area contributed by atoms with E-state index in [1.807, 2.05) is 25.1 Å². The highest BCUT2D eigenvalue weighted by Crippen LogP contribution is 2.16. The summed E-state index contributed by atoms with van der Waals surface area (Å²) in [6.07, 6.45) is 3.75. The monoisotopic (exact) mass is 359 g/mol. The Labute approximate surface area is 120 Å². The third-order valence-corrected chi connectivity index (χ3v) is 2.92. The van der Waals surface area contributed by atoms with Crippen molar-refractivity contribution in [3.8, 4) is 0 Å². The fourth-order valence-electron chi connectivity index (χ4n) is 1.15. The van der Waals surface area contributed by atoms with Gasteiger partial charge in [-0.2, -0.15) is 0 Å². The van der Waals surface area contributed by atoms with Gasteiger partial charge in [0.2, 0.25) is 0 Å². The largest absolute Gasteiger partial charge is 0.452 e. The van der Waals surface area contributed by atoms with Crippen molar-refractivity contribution in [3.05, 3.63) is 40.0 Å². The van der Waals surface area contributed by atoms with E-state index in [9.17, 15) is 9.59 Å². The third-order valence-electron chi connectivity index (χ3n) is 1.98. The molecule has 4 nitrogen and oxygen atoms in total. The molecule has 0 heterocycles. The van der Waals surface area contributed by atoms with Gasteiger partial charge in [0.1, 0.15) is 0 Å². The Kier molecular flexibility index (Phi) is 6.42. The van der Waals surface area contributed by atoms with Gasteiger partial charge in [-0.25, -0.2) is 4.79 Å². The fourth-order valence-corrected chi connectivity index (χ4v) is 1.67. The first-order valence-corrected chi connectivity index (χ1v) is 6.59. The molecule has 96 valence electrons. The number of nitrogens with one attached hydrogen (secondary N) is 1. The second-order valence-corrected chi connectivity index (χ2v) is 4.61. The standard InChI is InChI=1S/C13H14INO3/c1-2-3-8-13(17)18-9-12(16)15-11-7-5-4-6-10(11)14/h3-8H,2,9H2,1H3,(H,15,16)/b8-3+. The zero-order valence-corrected chi connectivity index (χ0v) is 12.1. The van der Waals surface area contributed by atoms with Crippen LogP contribution < -0.4 is 5.32 Å². The van der Waals surface area contributed by atoms with Crippen LogP contribution in [0, 0.1) is 3.57 Å². The van der Waals surface area contributed by atoms with Crippen molar-refractivity contribution >= 4 is 40.2 Å². The van der Waals surface area contributed by atoms with Crippen molar-refractivity contribution < 1.29 is 14.3 Å². The molecule has 1 aromatic carbocycles. The van der Waals surface area contributed by atoms with Gasteiger partial charge in [-0.1, -0.05) is 25.1 Å². The van der Waals surface area contributed by atoms with Gasteiger partial charge in [-0.15, -0.1) is 0 Å². The maximum atomic E-state index is 11.5. The van der Waals surface area contributed by atoms with Crippen molar-refractivity contribution in [2.45, 2.75) is 13.3 Å². The molecule has 0 fully saturated rings. The minimum Gasteiger partial charge on any atom is -0.452 e. The number of anilines is 1. The number of hydrogen-bond acceptors (Lipinski definition) is 3. The number of amides is 1. The van der Waals surface area contributed by atoms with Crippen LogP contribution in [0.5, 0.6) is 0 Å². The molecule has 5 heteroatoms. The van der Waals surface area contributed by atoms with Gasteiger partial charge >= 0.3 is 5.97 Å². The van der Waals surface area contributed by atoms with Crippen LogP contribution in [0.2, 0.25) is 0 Å². The number of para-hydroxylation sites is 1. The summed E-state index contributed by atoms with van der Waals surface area (Å²) in [5.74, 6) is -0.855. The predicted octanol–water partition coefficient (Wildman–Crippen LogP) is 2.74. The molecule has 1 amide bonds. The summed E-state index contributed by atoms with van der Waals surface area (Å²) in [6, 6.07) is 7.38. The van der Waals surface area contributed by atoms with Crippen molar-refractivity contribution in [1.82, 2.24) is 0 Å². The highest BCUT2D eigenvalue weighted by molar-refractivity contribution is 14.1. The van der Waals surface area contributed by atoms with Gasteiger partial charge in [0.25, 0.3) is 5.91 Å². The Morgan fingerprint density at radius 1 is 1.39 bits per heavy atom. The van der Waals surface area contributed by atoms with Gasteiger partial charge in [-0.05, 0) is 41.1 Å². The molecular weight excluding hydrogens is 345 g/mol. The molecule has 0 atom stereocenters. The first kappa shape index (κ1) is 14.7. The van der Waals surface area contributed by atoms with Gasteiger partial charge < -0.3 is 10.1 Å². The molecule has 0 radical (unpaired) electrons. The van der Waals surface area contributed by atoms with Crippen molar-refractivity contribution in [1.29, 1.82) is 0 Å². The Morgan fingerprint density at radius 3 is 2.78 bits per heavy atom. The summed E-state index contributed by atoms with van der Waals surface area (Å²) < 4.78 is 5.71. The average molecular weight is 359 g/mol. The number of ether oxygens (including phenoxy) is 1. The lowest BCUT2D eigenvalue weighted by Crippen LogP contribution is -2.20. The van der Waals surface area contributed by atoms with Gasteiger partial charge in [0, 0.05) is 9.65 Å². The van der Waals surface area contributed by atoms with Crippen molar-refractivity contribution in [3.63, 3.8) is 0 Å². The van der Waals surface area contributed by atoms with Crippen LogP contribution in [-0.4, -0.2) is 18.5 Å². The number of esters is 1. The third kappa shape index (κ3) is 5.31. The zero-order valence-electron chi connectivity index (χ0n) is 9.98. The first-order chi connectivity index (χ1) is 8.63. The maximum Gasteiger partial charge on any atom is 0.330 e. The van der Waals surface area contributed by atoms with E-state index in [0.717, 1.165) is 9.99 Å². The predicted molar refractivity (Wildman–Crippen MR) is 78.2 cm³/mol. The van der Waals surface area contributed by atoms with Gasteiger partial charge in [0.05, 0.1) is 5.69 Å². The normalized spacial score (nSPS) is 10.3. The van der Waals surface area contributed by atoms with E-state index in [4.69, 9.17) is 4.74 Å². The van der Waals surface area contributed by atoms with Crippen LogP contribution in [0.4, 0.5) is 5.69 Å². The van der Waals surface area contributed by atoms with E-state index in [1.54, 1.807) is 12.1 Å². The molecule has 0 saturated carbocycles. The average Bonchev–Trinajstić information content (AvgIpc) is 2.36. The smallest absolute Gasteiger partial charge is 0.330 e. The molecule has 0 bridgehead atoms. The number of rotatable bonds is 5. The first-order valence-electron chi connectivity index (χ1n) is 5.51. The van der Waals surface area contributed by atoms with E-state index in [0.29, 0.717) is 5.69 Å². The highest BCUT2D eigenvalue weighted by atomic mass is 127. The van der Waals surface area contributed by atoms with Crippen LogP contribution in [0.25, 0.3) is 0 Å². The summed E-state index contributed by atoms with van der Waals surface area (Å²) in [4.78, 5) is 22.7. The SMILES string of the molecule is CC/C=C/C(=O)OCC(=O)Nc1ccccc1I. The number of carbonyl (C=O) groups excluding carboxylic acids is 2. The second-order valence-electron chi connectivity index (χ2n) is 3.45. The molecule has 18 heavy (non-hydrogen) atoms. The molecule has 0 aliphatic carbocycles. The van der Waals surface area contributed by atoms with Crippen LogP contribution in [0.1, 0.15) is 13.3 Å².